The summed E-state index contributed by atoms with van der Waals surface area (Å²) >= 11 is 0. The van der Waals surface area contributed by atoms with Crippen LogP contribution in [0.25, 0.3) is 0 Å². The number of likely N-dealkylation sites (N-methyl/N-ethyl adjacent to an activating group) is 1. The molecule has 0 heterocycles. The molecule has 16 nitrogen and oxygen atoms in total. The van der Waals surface area contributed by atoms with Crippen LogP contribution in [0.3, 0.4) is 0 Å². The van der Waals surface area contributed by atoms with Crippen molar-refractivity contribution in [3.05, 3.63) is 0 Å². The van der Waals surface area contributed by atoms with E-state index in [2.05, 4.69) is 43.8 Å². The number of carbonyl (C=O) groups excluding carboxylic acids is 6. The smallest absolute Gasteiger partial charge is 0.245 e. The van der Waals surface area contributed by atoms with Crippen molar-refractivity contribution in [2.45, 2.75) is 148 Å². The van der Waals surface area contributed by atoms with Gasteiger partial charge in [0.1, 0.15) is 18.1 Å². The first-order valence-electron chi connectivity index (χ1n) is 19.2. The molecule has 0 aromatic heterocycles. The van der Waals surface area contributed by atoms with Crippen molar-refractivity contribution in [3.63, 3.8) is 0 Å². The number of hydrogen-bond acceptors (Lipinski definition) is 8. The molecular formula is C36H69N9O7. The third kappa shape index (κ3) is 25.9. The molecule has 0 bridgehead atoms. The first-order chi connectivity index (χ1) is 24.8. The van der Waals surface area contributed by atoms with E-state index in [1.54, 1.807) is 0 Å². The lowest BCUT2D eigenvalue weighted by Gasteiger charge is -2.24. The van der Waals surface area contributed by atoms with E-state index in [9.17, 15) is 33.9 Å². The van der Waals surface area contributed by atoms with Gasteiger partial charge in [-0.05, 0) is 31.6 Å². The molecule has 0 radical (unpaired) electrons. The Balaban J connectivity index is 4.63. The van der Waals surface area contributed by atoms with Gasteiger partial charge in [0.15, 0.2) is 5.96 Å². The van der Waals surface area contributed by atoms with Crippen LogP contribution in [0.5, 0.6) is 0 Å². The number of nitrogens with one attached hydrogen (secondary N) is 6. The number of aliphatic hydroxyl groups is 1. The largest absolute Gasteiger partial charge is 0.394 e. The van der Waals surface area contributed by atoms with Gasteiger partial charge in [0, 0.05) is 20.0 Å². The number of nitrogens with zero attached hydrogens (tertiary/aromatic N) is 1. The van der Waals surface area contributed by atoms with E-state index in [4.69, 9.17) is 11.5 Å². The maximum absolute atomic E-state index is 13.1. The molecule has 0 aliphatic carbocycles. The minimum absolute atomic E-state index is 0.0953. The Labute approximate surface area is 310 Å². The summed E-state index contributed by atoms with van der Waals surface area (Å²) < 4.78 is 0. The molecule has 0 saturated heterocycles. The van der Waals surface area contributed by atoms with Gasteiger partial charge in [0.05, 0.1) is 19.7 Å². The third-order valence-electron chi connectivity index (χ3n) is 8.39. The zero-order valence-electron chi connectivity index (χ0n) is 32.2. The Morgan fingerprint density at radius 3 is 1.63 bits per heavy atom. The summed E-state index contributed by atoms with van der Waals surface area (Å²) in [5.74, 6) is -3.53. The lowest BCUT2D eigenvalue weighted by molar-refractivity contribution is -0.133. The summed E-state index contributed by atoms with van der Waals surface area (Å²) in [5.41, 5.74) is 10.7. The second-order valence-electron chi connectivity index (χ2n) is 13.7. The number of aliphatic imine (C=N–C) groups is 1. The van der Waals surface area contributed by atoms with Crippen LogP contribution < -0.4 is 43.4 Å². The highest BCUT2D eigenvalue weighted by atomic mass is 16.3. The Morgan fingerprint density at radius 1 is 0.615 bits per heavy atom. The number of carbonyl (C=O) groups is 6. The lowest BCUT2D eigenvalue weighted by atomic mass is 10.0. The highest BCUT2D eigenvalue weighted by Crippen LogP contribution is 2.13. The quantitative estimate of drug-likeness (QED) is 0.0279. The van der Waals surface area contributed by atoms with Crippen LogP contribution in [0, 0.1) is 5.92 Å². The van der Waals surface area contributed by atoms with E-state index in [1.165, 1.54) is 64.8 Å². The van der Waals surface area contributed by atoms with Crippen LogP contribution in [0.4, 0.5) is 0 Å². The number of amides is 6. The van der Waals surface area contributed by atoms with Crippen molar-refractivity contribution in [2.24, 2.45) is 22.4 Å². The molecule has 0 aliphatic rings. The van der Waals surface area contributed by atoms with Gasteiger partial charge >= 0.3 is 0 Å². The van der Waals surface area contributed by atoms with Gasteiger partial charge in [-0.3, -0.25) is 33.8 Å². The summed E-state index contributed by atoms with van der Waals surface area (Å²) in [4.78, 5) is 79.3. The number of nitrogens with two attached hydrogens (primary N) is 2. The van der Waals surface area contributed by atoms with Crippen molar-refractivity contribution in [3.8, 4) is 0 Å². The van der Waals surface area contributed by atoms with Crippen LogP contribution in [0.2, 0.25) is 0 Å². The van der Waals surface area contributed by atoms with Gasteiger partial charge in [0.25, 0.3) is 0 Å². The van der Waals surface area contributed by atoms with E-state index in [-0.39, 0.29) is 43.2 Å². The van der Waals surface area contributed by atoms with Crippen molar-refractivity contribution in [2.75, 3.05) is 33.3 Å². The first kappa shape index (κ1) is 48.0. The average Bonchev–Trinajstić information content (AvgIpc) is 3.10. The molecule has 0 rings (SSSR count). The molecule has 300 valence electrons. The molecule has 16 heteroatoms. The molecule has 0 aliphatic heterocycles. The summed E-state index contributed by atoms with van der Waals surface area (Å²) in [6.45, 7) is 4.54. The van der Waals surface area contributed by atoms with E-state index < -0.39 is 54.9 Å². The molecule has 0 saturated carbocycles. The van der Waals surface area contributed by atoms with E-state index in [1.807, 2.05) is 13.8 Å². The minimum atomic E-state index is -1.37. The molecular weight excluding hydrogens is 670 g/mol. The fourth-order valence-electron chi connectivity index (χ4n) is 5.47. The normalized spacial score (nSPS) is 12.6. The van der Waals surface area contributed by atoms with E-state index in [0.29, 0.717) is 19.3 Å². The standard InChI is InChI=1S/C36H69N9O7/c1-5-6-7-8-9-10-11-12-13-14-15-16-17-20-30(47)41-23-31(48)44-29(25-46)34(51)42-24-32(49)43-27(19-18-21-40-36(37)38)35(52)45-28(22-26(2)3)33(50)39-4/h26-29,46H,5-25H2,1-4H3,(H,39,50)(H,41,47)(H,42,51)(H,43,49)(H,44,48)(H,45,52)(H4,37,38,40)/t27-,28-,29-/m0/s1. The fraction of sp³-hybridized carbons (Fsp3) is 0.806. The van der Waals surface area contributed by atoms with Crippen LogP contribution in [0.15, 0.2) is 4.99 Å². The van der Waals surface area contributed by atoms with Crippen molar-refractivity contribution in [1.29, 1.82) is 0 Å². The Kier molecular flexibility index (Phi) is 28.3. The summed E-state index contributed by atoms with van der Waals surface area (Å²) in [6.07, 6.45) is 16.7. The van der Waals surface area contributed by atoms with Crippen molar-refractivity contribution < 1.29 is 33.9 Å². The average molecular weight is 740 g/mol. The highest BCUT2D eigenvalue weighted by molar-refractivity contribution is 5.94. The molecule has 52 heavy (non-hydrogen) atoms. The Morgan fingerprint density at radius 2 is 1.13 bits per heavy atom. The summed E-state index contributed by atoms with van der Waals surface area (Å²) in [5, 5.41) is 24.6. The maximum atomic E-state index is 13.1. The van der Waals surface area contributed by atoms with Gasteiger partial charge in [0.2, 0.25) is 35.4 Å². The third-order valence-corrected chi connectivity index (χ3v) is 8.39. The number of aliphatic hydroxyl groups excluding tert-OH is 1. The monoisotopic (exact) mass is 740 g/mol. The van der Waals surface area contributed by atoms with Crippen molar-refractivity contribution in [1.82, 2.24) is 31.9 Å². The molecule has 3 atom stereocenters. The van der Waals surface area contributed by atoms with Gasteiger partial charge in [-0.2, -0.15) is 0 Å². The predicted molar refractivity (Wildman–Crippen MR) is 203 cm³/mol. The number of hydrogen-bond donors (Lipinski definition) is 9. The minimum Gasteiger partial charge on any atom is -0.394 e. The van der Waals surface area contributed by atoms with Crippen LogP contribution in [-0.2, 0) is 28.8 Å². The van der Waals surface area contributed by atoms with Crippen LogP contribution in [0.1, 0.15) is 130 Å². The number of guanidine groups is 1. The summed E-state index contributed by atoms with van der Waals surface area (Å²) in [6, 6.07) is -3.27. The molecule has 0 unspecified atom stereocenters. The Bertz CT molecular complexity index is 1080. The maximum Gasteiger partial charge on any atom is 0.245 e. The van der Waals surface area contributed by atoms with Crippen molar-refractivity contribution >= 4 is 41.4 Å². The highest BCUT2D eigenvalue weighted by Gasteiger charge is 2.27. The Hall–Kier alpha value is -3.95. The van der Waals surface area contributed by atoms with Crippen LogP contribution in [-0.4, -0.2) is 97.9 Å². The van der Waals surface area contributed by atoms with Gasteiger partial charge in [-0.25, -0.2) is 0 Å². The van der Waals surface area contributed by atoms with Crippen LogP contribution >= 0.6 is 0 Å². The second-order valence-corrected chi connectivity index (χ2v) is 13.7. The molecule has 11 N–H and O–H groups in total. The number of rotatable bonds is 31. The van der Waals surface area contributed by atoms with Gasteiger partial charge < -0.3 is 48.5 Å². The molecule has 0 aromatic carbocycles. The van der Waals surface area contributed by atoms with Gasteiger partial charge in [-0.1, -0.05) is 97.8 Å². The zero-order valence-corrected chi connectivity index (χ0v) is 32.2. The molecule has 0 fully saturated rings. The van der Waals surface area contributed by atoms with E-state index >= 15 is 0 Å². The molecule has 0 aromatic rings. The topological polar surface area (TPSA) is 259 Å². The number of unbranched alkanes of at least 4 members (excludes halogenated alkanes) is 12. The summed E-state index contributed by atoms with van der Waals surface area (Å²) in [7, 11) is 1.46. The van der Waals surface area contributed by atoms with Gasteiger partial charge in [-0.15, -0.1) is 0 Å². The molecule has 6 amide bonds. The van der Waals surface area contributed by atoms with E-state index in [0.717, 1.165) is 25.7 Å². The predicted octanol–water partition coefficient (Wildman–Crippen LogP) is 0.993. The zero-order chi connectivity index (χ0) is 39.1. The lowest BCUT2D eigenvalue weighted by Crippen LogP contribution is -2.56. The molecule has 0 spiro atoms. The SMILES string of the molecule is CCCCCCCCCCCCCCCC(=O)NCC(=O)N[C@@H](CO)C(=O)NCC(=O)N[C@@H](CCCN=C(N)N)C(=O)N[C@@H](CC(C)C)C(=O)NC. The fourth-order valence-corrected chi connectivity index (χ4v) is 5.47. The second kappa shape index (κ2) is 30.7. The first-order valence-corrected chi connectivity index (χ1v) is 19.2.